The number of pyridine rings is 1. The Morgan fingerprint density at radius 3 is 2.63 bits per heavy atom. The van der Waals surface area contributed by atoms with Gasteiger partial charge in [0.05, 0.1) is 0 Å². The summed E-state index contributed by atoms with van der Waals surface area (Å²) in [5.74, 6) is -0.00943. The van der Waals surface area contributed by atoms with E-state index in [-0.39, 0.29) is 23.0 Å². The first kappa shape index (κ1) is 17.7. The number of Topliss-reactive ketones (excluding diaryl/α,β-unsaturated/α-hetero) is 1. The molecule has 0 fully saturated rings. The van der Waals surface area contributed by atoms with Crippen LogP contribution < -0.4 is 4.90 Å². The number of amides is 1. The molecule has 1 amide bonds. The third-order valence-electron chi connectivity index (χ3n) is 5.49. The minimum atomic E-state index is -0.203. The van der Waals surface area contributed by atoms with Crippen molar-refractivity contribution in [1.29, 1.82) is 0 Å². The van der Waals surface area contributed by atoms with Crippen LogP contribution in [0.5, 0.6) is 0 Å². The molecule has 1 aliphatic heterocycles. The van der Waals surface area contributed by atoms with Crippen LogP contribution in [0.1, 0.15) is 50.2 Å². The van der Waals surface area contributed by atoms with Crippen molar-refractivity contribution in [2.24, 2.45) is 5.41 Å². The Morgan fingerprint density at radius 2 is 1.93 bits per heavy atom. The van der Waals surface area contributed by atoms with Crippen molar-refractivity contribution < 1.29 is 9.59 Å². The third kappa shape index (κ3) is 3.20. The van der Waals surface area contributed by atoms with E-state index in [9.17, 15) is 9.59 Å². The summed E-state index contributed by atoms with van der Waals surface area (Å²) < 4.78 is 0. The van der Waals surface area contributed by atoms with E-state index in [2.05, 4.69) is 18.8 Å². The SMILES string of the molecule is Cc1cccc(N2C(=O)CC(c3cccnc3)C3=C2CC(C)(C)CC3=O)c1. The number of aromatic nitrogens is 1. The lowest BCUT2D eigenvalue weighted by atomic mass is 9.69. The van der Waals surface area contributed by atoms with Crippen LogP contribution in [0.4, 0.5) is 5.69 Å². The number of anilines is 1. The number of carbonyl (C=O) groups excluding carboxylic acids is 2. The second-order valence-electron chi connectivity index (χ2n) is 8.41. The molecule has 2 aliphatic rings. The number of rotatable bonds is 2. The highest BCUT2D eigenvalue weighted by atomic mass is 16.2. The summed E-state index contributed by atoms with van der Waals surface area (Å²) in [5, 5.41) is 0. The molecule has 1 aromatic heterocycles. The summed E-state index contributed by atoms with van der Waals surface area (Å²) in [6, 6.07) is 11.8. The fourth-order valence-electron chi connectivity index (χ4n) is 4.35. The van der Waals surface area contributed by atoms with E-state index in [1.165, 1.54) is 0 Å². The van der Waals surface area contributed by atoms with E-state index in [1.54, 1.807) is 17.3 Å². The van der Waals surface area contributed by atoms with Gasteiger partial charge in [-0.25, -0.2) is 0 Å². The molecule has 0 radical (unpaired) electrons. The molecule has 1 unspecified atom stereocenters. The Balaban J connectivity index is 1.91. The van der Waals surface area contributed by atoms with Gasteiger partial charge in [0, 0.05) is 48.1 Å². The maximum absolute atomic E-state index is 13.2. The van der Waals surface area contributed by atoms with Gasteiger partial charge in [0.25, 0.3) is 0 Å². The highest BCUT2D eigenvalue weighted by molar-refractivity contribution is 6.07. The molecule has 2 aromatic rings. The van der Waals surface area contributed by atoms with Crippen molar-refractivity contribution in [3.8, 4) is 0 Å². The molecule has 0 spiro atoms. The lowest BCUT2D eigenvalue weighted by Crippen LogP contribution is -2.43. The molecular formula is C23H24N2O2. The van der Waals surface area contributed by atoms with Gasteiger partial charge in [-0.3, -0.25) is 19.5 Å². The lowest BCUT2D eigenvalue weighted by Gasteiger charge is -2.43. The molecule has 4 heteroatoms. The van der Waals surface area contributed by atoms with Gasteiger partial charge >= 0.3 is 0 Å². The van der Waals surface area contributed by atoms with Crippen molar-refractivity contribution in [2.75, 3.05) is 4.90 Å². The third-order valence-corrected chi connectivity index (χ3v) is 5.49. The summed E-state index contributed by atoms with van der Waals surface area (Å²) in [7, 11) is 0. The molecule has 1 aromatic carbocycles. The maximum atomic E-state index is 13.2. The molecule has 138 valence electrons. The van der Waals surface area contributed by atoms with Gasteiger partial charge in [0.1, 0.15) is 0 Å². The summed E-state index contributed by atoms with van der Waals surface area (Å²) in [6.07, 6.45) is 5.01. The highest BCUT2D eigenvalue weighted by Crippen LogP contribution is 2.48. The number of ketones is 1. The minimum absolute atomic E-state index is 0.0405. The molecule has 1 atom stereocenters. The Labute approximate surface area is 159 Å². The standard InChI is InChI=1S/C23H24N2O2/c1-15-6-4-8-17(10-15)25-19-12-23(2,3)13-20(26)22(19)18(11-21(25)27)16-7-5-9-24-14-16/h4-10,14,18H,11-13H2,1-3H3. The molecule has 0 N–H and O–H groups in total. The Kier molecular flexibility index (Phi) is 4.22. The van der Waals surface area contributed by atoms with Crippen molar-refractivity contribution in [3.05, 3.63) is 71.2 Å². The van der Waals surface area contributed by atoms with Gasteiger partial charge in [-0.05, 0) is 48.1 Å². The molecule has 0 saturated heterocycles. The first-order valence-electron chi connectivity index (χ1n) is 9.41. The van der Waals surface area contributed by atoms with E-state index in [4.69, 9.17) is 0 Å². The van der Waals surface area contributed by atoms with Crippen molar-refractivity contribution in [1.82, 2.24) is 4.98 Å². The van der Waals surface area contributed by atoms with Crippen LogP contribution >= 0.6 is 0 Å². The molecule has 4 rings (SSSR count). The molecule has 0 saturated carbocycles. The van der Waals surface area contributed by atoms with Crippen LogP contribution in [0, 0.1) is 12.3 Å². The van der Waals surface area contributed by atoms with Gasteiger partial charge < -0.3 is 0 Å². The summed E-state index contributed by atoms with van der Waals surface area (Å²) in [4.78, 5) is 32.4. The molecule has 27 heavy (non-hydrogen) atoms. The predicted octanol–water partition coefficient (Wildman–Crippen LogP) is 4.55. The fraction of sp³-hybridized carbons (Fsp3) is 0.348. The Hall–Kier alpha value is -2.75. The van der Waals surface area contributed by atoms with Crippen LogP contribution in [0.3, 0.4) is 0 Å². The van der Waals surface area contributed by atoms with Crippen molar-refractivity contribution >= 4 is 17.4 Å². The average Bonchev–Trinajstić information content (AvgIpc) is 2.60. The Bertz CT molecular complexity index is 944. The zero-order valence-corrected chi connectivity index (χ0v) is 16.0. The summed E-state index contributed by atoms with van der Waals surface area (Å²) in [5.41, 5.74) is 4.39. The van der Waals surface area contributed by atoms with Crippen LogP contribution in [0.2, 0.25) is 0 Å². The van der Waals surface area contributed by atoms with E-state index in [0.29, 0.717) is 19.3 Å². The van der Waals surface area contributed by atoms with Crippen LogP contribution in [0.15, 0.2) is 60.1 Å². The number of hydrogen-bond donors (Lipinski definition) is 0. The molecular weight excluding hydrogens is 336 g/mol. The monoisotopic (exact) mass is 360 g/mol. The zero-order valence-electron chi connectivity index (χ0n) is 16.0. The molecule has 0 bridgehead atoms. The first-order chi connectivity index (χ1) is 12.9. The quantitative estimate of drug-likeness (QED) is 0.789. The molecule has 4 nitrogen and oxygen atoms in total. The summed E-state index contributed by atoms with van der Waals surface area (Å²) >= 11 is 0. The smallest absolute Gasteiger partial charge is 0.232 e. The van der Waals surface area contributed by atoms with E-state index in [1.807, 2.05) is 43.3 Å². The van der Waals surface area contributed by atoms with Gasteiger partial charge in [-0.1, -0.05) is 32.0 Å². The van der Waals surface area contributed by atoms with Gasteiger partial charge in [-0.2, -0.15) is 0 Å². The van der Waals surface area contributed by atoms with Gasteiger partial charge in [0.15, 0.2) is 5.78 Å². The van der Waals surface area contributed by atoms with Crippen LogP contribution in [-0.2, 0) is 9.59 Å². The fourth-order valence-corrected chi connectivity index (χ4v) is 4.35. The average molecular weight is 360 g/mol. The van der Waals surface area contributed by atoms with Crippen LogP contribution in [0.25, 0.3) is 0 Å². The van der Waals surface area contributed by atoms with E-state index in [0.717, 1.165) is 28.1 Å². The lowest BCUT2D eigenvalue weighted by molar-refractivity contribution is -0.121. The normalized spacial score (nSPS) is 22.0. The number of nitrogens with zero attached hydrogens (tertiary/aromatic N) is 2. The minimum Gasteiger partial charge on any atom is -0.294 e. The number of hydrogen-bond acceptors (Lipinski definition) is 3. The van der Waals surface area contributed by atoms with Crippen molar-refractivity contribution in [3.63, 3.8) is 0 Å². The summed E-state index contributed by atoms with van der Waals surface area (Å²) in [6.45, 7) is 6.21. The molecule has 2 heterocycles. The van der Waals surface area contributed by atoms with Gasteiger partial charge in [0.2, 0.25) is 5.91 Å². The number of carbonyl (C=O) groups is 2. The number of aryl methyl sites for hydroxylation is 1. The van der Waals surface area contributed by atoms with Crippen molar-refractivity contribution in [2.45, 2.75) is 46.0 Å². The van der Waals surface area contributed by atoms with Gasteiger partial charge in [-0.15, -0.1) is 0 Å². The second kappa shape index (κ2) is 6.45. The van der Waals surface area contributed by atoms with Crippen LogP contribution in [-0.4, -0.2) is 16.7 Å². The number of benzene rings is 1. The Morgan fingerprint density at radius 1 is 1.11 bits per heavy atom. The highest BCUT2D eigenvalue weighted by Gasteiger charge is 2.44. The van der Waals surface area contributed by atoms with E-state index < -0.39 is 0 Å². The molecule has 1 aliphatic carbocycles. The van der Waals surface area contributed by atoms with E-state index >= 15 is 0 Å². The first-order valence-corrected chi connectivity index (χ1v) is 9.41. The zero-order chi connectivity index (χ0) is 19.2. The topological polar surface area (TPSA) is 50.3 Å². The largest absolute Gasteiger partial charge is 0.294 e. The number of allylic oxidation sites excluding steroid dienone is 2. The second-order valence-corrected chi connectivity index (χ2v) is 8.41. The predicted molar refractivity (Wildman–Crippen MR) is 105 cm³/mol. The maximum Gasteiger partial charge on any atom is 0.232 e.